The molecule has 6 heteroatoms. The van der Waals surface area contributed by atoms with Crippen LogP contribution in [0.5, 0.6) is 0 Å². The van der Waals surface area contributed by atoms with Crippen molar-refractivity contribution in [3.05, 3.63) is 168 Å². The molecule has 1 radical (unpaired) electrons. The molecule has 9 aromatic rings. The van der Waals surface area contributed by atoms with Crippen molar-refractivity contribution >= 4 is 33.0 Å². The molecule has 0 atom stereocenters. The van der Waals surface area contributed by atoms with E-state index in [0.29, 0.717) is 5.71 Å². The van der Waals surface area contributed by atoms with Crippen molar-refractivity contribution in [3.8, 4) is 44.8 Å². The van der Waals surface area contributed by atoms with E-state index in [1.807, 2.05) is 68.0 Å². The first-order valence-corrected chi connectivity index (χ1v) is 16.9. The second kappa shape index (κ2) is 14.8. The molecular formula is C46H34IrN4O-2. The zero-order valence-corrected chi connectivity index (χ0v) is 31.6. The summed E-state index contributed by atoms with van der Waals surface area (Å²) >= 11 is 0. The zero-order chi connectivity index (χ0) is 34.9. The van der Waals surface area contributed by atoms with Crippen LogP contribution in [0.15, 0.2) is 138 Å². The summed E-state index contributed by atoms with van der Waals surface area (Å²) in [5.41, 5.74) is 15.4. The summed E-state index contributed by atoms with van der Waals surface area (Å²) in [6, 6.07) is 45.9. The van der Waals surface area contributed by atoms with E-state index >= 15 is 0 Å². The first-order chi connectivity index (χ1) is 24.9. The minimum Gasteiger partial charge on any atom is -0.486 e. The summed E-state index contributed by atoms with van der Waals surface area (Å²) in [6.07, 6.45) is 5.57. The summed E-state index contributed by atoms with van der Waals surface area (Å²) in [5, 5.41) is 3.14. The van der Waals surface area contributed by atoms with Crippen LogP contribution in [0, 0.1) is 39.8 Å². The molecule has 0 aliphatic rings. The van der Waals surface area contributed by atoms with Crippen molar-refractivity contribution < 1.29 is 24.5 Å². The molecule has 4 aromatic carbocycles. The van der Waals surface area contributed by atoms with E-state index in [1.54, 1.807) is 0 Å². The van der Waals surface area contributed by atoms with Gasteiger partial charge in [0.1, 0.15) is 0 Å². The third-order valence-electron chi connectivity index (χ3n) is 9.28. The number of pyridine rings is 4. The van der Waals surface area contributed by atoms with Gasteiger partial charge in [0.2, 0.25) is 5.71 Å². The summed E-state index contributed by atoms with van der Waals surface area (Å²) in [6.45, 7) is 8.29. The molecule has 5 nitrogen and oxygen atoms in total. The first-order valence-electron chi connectivity index (χ1n) is 16.9. The smallest absolute Gasteiger partial charge is 0.216 e. The number of hydrogen-bond donors (Lipinski definition) is 0. The fourth-order valence-electron chi connectivity index (χ4n) is 6.32. The third kappa shape index (κ3) is 6.91. The number of aryl methyl sites for hydroxylation is 4. The van der Waals surface area contributed by atoms with Gasteiger partial charge < -0.3 is 14.4 Å². The van der Waals surface area contributed by atoms with Crippen LogP contribution in [0.1, 0.15) is 22.4 Å². The summed E-state index contributed by atoms with van der Waals surface area (Å²) in [5.74, 6) is 0. The Balaban J connectivity index is 0.000000169. The molecule has 5 heterocycles. The van der Waals surface area contributed by atoms with Crippen LogP contribution in [-0.2, 0) is 20.1 Å². The average Bonchev–Trinajstić information content (AvgIpc) is 3.54. The molecule has 5 aromatic heterocycles. The third-order valence-corrected chi connectivity index (χ3v) is 9.28. The Hall–Kier alpha value is -5.81. The van der Waals surface area contributed by atoms with E-state index in [9.17, 15) is 0 Å². The van der Waals surface area contributed by atoms with Gasteiger partial charge in [-0.3, -0.25) is 4.98 Å². The Kier molecular flexibility index (Phi) is 9.86. The van der Waals surface area contributed by atoms with Crippen LogP contribution in [0.25, 0.3) is 77.7 Å². The van der Waals surface area contributed by atoms with Gasteiger partial charge in [0.05, 0.1) is 11.1 Å². The molecule has 0 spiro atoms. The van der Waals surface area contributed by atoms with Gasteiger partial charge in [0.25, 0.3) is 0 Å². The SMILES string of the molecule is Cc1ccc2c(n1)oc1c(-c3cc(-c4ccc5ncccc5c4)ccn3)[c-]ccc12.Cc1cnc(-c2[c-]cc(C)c(-c3ccccc3)c2)cc1C.[Ir]. The van der Waals surface area contributed by atoms with Crippen molar-refractivity contribution in [1.82, 2.24) is 19.9 Å². The second-order valence-electron chi connectivity index (χ2n) is 12.8. The average molecular weight is 851 g/mol. The van der Waals surface area contributed by atoms with Crippen molar-refractivity contribution in [2.75, 3.05) is 0 Å². The standard InChI is InChI=1S/C26H16N3O.C20H18N.Ir/c1-16-7-9-21-20-5-2-6-22(25(20)30-26(21)29-16)24-15-18(11-13-28-24)17-8-10-23-19(14-17)4-3-12-27-23;1-14-9-10-18(20-11-15(2)16(3)13-21-20)12-19(14)17-7-5-4-6-8-17;/h2-5,7-15H,1H3;4-9,11-13H,1-3H3;/q2*-1;. The first kappa shape index (κ1) is 34.6. The number of aromatic nitrogens is 4. The predicted octanol–water partition coefficient (Wildman–Crippen LogP) is 11.5. The van der Waals surface area contributed by atoms with Crippen LogP contribution in [0.2, 0.25) is 0 Å². The topological polar surface area (TPSA) is 64.7 Å². The maximum absolute atomic E-state index is 6.13. The molecule has 52 heavy (non-hydrogen) atoms. The fraction of sp³-hybridized carbons (Fsp3) is 0.0870. The molecule has 0 amide bonds. The molecule has 0 saturated heterocycles. The number of hydrogen-bond acceptors (Lipinski definition) is 5. The van der Waals surface area contributed by atoms with Gasteiger partial charge in [0, 0.05) is 55.2 Å². The van der Waals surface area contributed by atoms with Gasteiger partial charge >= 0.3 is 0 Å². The molecule has 0 fully saturated rings. The van der Waals surface area contributed by atoms with E-state index in [-0.39, 0.29) is 20.1 Å². The van der Waals surface area contributed by atoms with Crippen molar-refractivity contribution in [2.45, 2.75) is 27.7 Å². The quantitative estimate of drug-likeness (QED) is 0.165. The maximum Gasteiger partial charge on any atom is 0.216 e. The number of fused-ring (bicyclic) bond motifs is 4. The molecule has 0 unspecified atom stereocenters. The molecule has 0 aliphatic carbocycles. The number of nitrogens with zero attached hydrogens (tertiary/aromatic N) is 4. The Labute approximate surface area is 316 Å². The molecular weight excluding hydrogens is 817 g/mol. The van der Waals surface area contributed by atoms with Gasteiger partial charge in [0.15, 0.2) is 0 Å². The van der Waals surface area contributed by atoms with Crippen LogP contribution in [0.3, 0.4) is 0 Å². The molecule has 255 valence electrons. The maximum atomic E-state index is 6.13. The Morgan fingerprint density at radius 3 is 2.29 bits per heavy atom. The largest absolute Gasteiger partial charge is 0.486 e. The van der Waals surface area contributed by atoms with Crippen LogP contribution in [-0.4, -0.2) is 19.9 Å². The molecule has 0 aliphatic heterocycles. The van der Waals surface area contributed by atoms with Crippen LogP contribution in [0.4, 0.5) is 0 Å². The van der Waals surface area contributed by atoms with Crippen molar-refractivity contribution in [1.29, 1.82) is 0 Å². The number of furan rings is 1. The summed E-state index contributed by atoms with van der Waals surface area (Å²) in [4.78, 5) is 18.1. The minimum absolute atomic E-state index is 0. The predicted molar refractivity (Wildman–Crippen MR) is 207 cm³/mol. The Bertz CT molecular complexity index is 2700. The van der Waals surface area contributed by atoms with Crippen LogP contribution < -0.4 is 0 Å². The second-order valence-corrected chi connectivity index (χ2v) is 12.8. The Morgan fingerprint density at radius 2 is 1.44 bits per heavy atom. The fourth-order valence-corrected chi connectivity index (χ4v) is 6.32. The minimum atomic E-state index is 0. The molecule has 0 N–H and O–H groups in total. The van der Waals surface area contributed by atoms with E-state index < -0.39 is 0 Å². The van der Waals surface area contributed by atoms with Gasteiger partial charge in [-0.05, 0) is 90.8 Å². The van der Waals surface area contributed by atoms with Crippen molar-refractivity contribution in [3.63, 3.8) is 0 Å². The van der Waals surface area contributed by atoms with Gasteiger partial charge in [-0.15, -0.1) is 47.5 Å². The Morgan fingerprint density at radius 1 is 0.596 bits per heavy atom. The number of benzene rings is 4. The number of rotatable bonds is 4. The van der Waals surface area contributed by atoms with E-state index in [2.05, 4.69) is 126 Å². The van der Waals surface area contributed by atoms with Crippen molar-refractivity contribution in [2.24, 2.45) is 0 Å². The molecule has 0 bridgehead atoms. The molecule has 0 saturated carbocycles. The van der Waals surface area contributed by atoms with Gasteiger partial charge in [-0.1, -0.05) is 83.6 Å². The van der Waals surface area contributed by atoms with E-state index in [0.717, 1.165) is 66.6 Å². The van der Waals surface area contributed by atoms with E-state index in [1.165, 1.54) is 27.8 Å². The zero-order valence-electron chi connectivity index (χ0n) is 29.2. The van der Waals surface area contributed by atoms with Crippen LogP contribution >= 0.6 is 0 Å². The normalized spacial score (nSPS) is 10.9. The summed E-state index contributed by atoms with van der Waals surface area (Å²) < 4.78 is 6.13. The monoisotopic (exact) mass is 851 g/mol. The molecule has 9 rings (SSSR count). The van der Waals surface area contributed by atoms with Gasteiger partial charge in [-0.2, -0.15) is 0 Å². The van der Waals surface area contributed by atoms with E-state index in [4.69, 9.17) is 4.42 Å². The van der Waals surface area contributed by atoms with Gasteiger partial charge in [-0.25, -0.2) is 4.98 Å². The summed E-state index contributed by atoms with van der Waals surface area (Å²) in [7, 11) is 0.